The topological polar surface area (TPSA) is 84.9 Å². The van der Waals surface area contributed by atoms with Crippen molar-refractivity contribution >= 4 is 11.9 Å². The van der Waals surface area contributed by atoms with Gasteiger partial charge in [-0.3, -0.25) is 4.79 Å². The van der Waals surface area contributed by atoms with Gasteiger partial charge in [-0.05, 0) is 24.5 Å². The molecular weight excluding hydrogens is 274 g/mol. The predicted molar refractivity (Wildman–Crippen MR) is 77.2 cm³/mol. The number of carboxylic acids is 1. The summed E-state index contributed by atoms with van der Waals surface area (Å²) in [5.41, 5.74) is 1.15. The lowest BCUT2D eigenvalue weighted by molar-refractivity contribution is -0.139. The first kappa shape index (κ1) is 17.1. The highest BCUT2D eigenvalue weighted by molar-refractivity contribution is 5.97. The third kappa shape index (κ3) is 5.53. The fourth-order valence-corrected chi connectivity index (χ4v) is 1.95. The summed E-state index contributed by atoms with van der Waals surface area (Å²) in [7, 11) is 3.09. The number of carbonyl (C=O) groups excluding carboxylic acids is 1. The Bertz CT molecular complexity index is 475. The first-order chi connectivity index (χ1) is 10.1. The van der Waals surface area contributed by atoms with E-state index in [1.807, 2.05) is 0 Å². The average molecular weight is 295 g/mol. The molecule has 6 nitrogen and oxygen atoms in total. The van der Waals surface area contributed by atoms with Gasteiger partial charge >= 0.3 is 5.97 Å². The number of hydrogen-bond donors (Lipinski definition) is 2. The molecule has 0 fully saturated rings. The van der Waals surface area contributed by atoms with E-state index < -0.39 is 17.9 Å². The number of amides is 1. The summed E-state index contributed by atoms with van der Waals surface area (Å²) >= 11 is 0. The zero-order chi connectivity index (χ0) is 15.7. The van der Waals surface area contributed by atoms with E-state index >= 15 is 0 Å². The highest BCUT2D eigenvalue weighted by Gasteiger charge is 2.21. The number of aliphatic carboxylic acids is 1. The summed E-state index contributed by atoms with van der Waals surface area (Å²) < 4.78 is 9.93. The summed E-state index contributed by atoms with van der Waals surface area (Å²) in [6.07, 6.45) is 0.884. The molecule has 1 aromatic rings. The Morgan fingerprint density at radius 1 is 1.24 bits per heavy atom. The van der Waals surface area contributed by atoms with Crippen LogP contribution in [0.1, 0.15) is 28.8 Å². The van der Waals surface area contributed by atoms with Gasteiger partial charge in [0.1, 0.15) is 6.04 Å². The molecule has 0 aliphatic heterocycles. The number of carboxylic acid groups (broad SMARTS) is 1. The van der Waals surface area contributed by atoms with Crippen molar-refractivity contribution in [3.8, 4) is 0 Å². The zero-order valence-electron chi connectivity index (χ0n) is 12.3. The van der Waals surface area contributed by atoms with E-state index in [9.17, 15) is 9.59 Å². The van der Waals surface area contributed by atoms with Crippen LogP contribution in [0.15, 0.2) is 24.3 Å². The lowest BCUT2D eigenvalue weighted by atomic mass is 10.1. The second-order valence-electron chi connectivity index (χ2n) is 4.59. The Labute approximate surface area is 124 Å². The summed E-state index contributed by atoms with van der Waals surface area (Å²) in [6, 6.07) is 6.03. The van der Waals surface area contributed by atoms with Gasteiger partial charge in [0.25, 0.3) is 5.91 Å². The molecule has 1 atom stereocenters. The van der Waals surface area contributed by atoms with E-state index in [0.717, 1.165) is 5.56 Å². The van der Waals surface area contributed by atoms with Crippen LogP contribution in [0.25, 0.3) is 0 Å². The summed E-state index contributed by atoms with van der Waals surface area (Å²) in [5, 5.41) is 11.7. The molecule has 6 heteroatoms. The van der Waals surface area contributed by atoms with Crippen LogP contribution in [0.2, 0.25) is 0 Å². The molecule has 0 radical (unpaired) electrons. The lowest BCUT2D eigenvalue weighted by Gasteiger charge is -2.15. The SMILES string of the molecule is COCCCC(NC(=O)c1ccccc1COC)C(=O)O. The van der Waals surface area contributed by atoms with Crippen LogP contribution in [0.5, 0.6) is 0 Å². The molecule has 1 aromatic carbocycles. The van der Waals surface area contributed by atoms with Crippen molar-refractivity contribution in [1.29, 1.82) is 0 Å². The largest absolute Gasteiger partial charge is 0.480 e. The Kier molecular flexibility index (Phi) is 7.42. The molecule has 0 spiro atoms. The fraction of sp³-hybridized carbons (Fsp3) is 0.467. The maximum atomic E-state index is 12.2. The monoisotopic (exact) mass is 295 g/mol. The van der Waals surface area contributed by atoms with E-state index in [2.05, 4.69) is 5.32 Å². The van der Waals surface area contributed by atoms with Crippen molar-refractivity contribution in [1.82, 2.24) is 5.32 Å². The fourth-order valence-electron chi connectivity index (χ4n) is 1.95. The van der Waals surface area contributed by atoms with Crippen LogP contribution in [-0.2, 0) is 20.9 Å². The number of benzene rings is 1. The molecular formula is C15H21NO5. The molecule has 0 aliphatic rings. The average Bonchev–Trinajstić information content (AvgIpc) is 2.47. The minimum absolute atomic E-state index is 0.297. The maximum Gasteiger partial charge on any atom is 0.326 e. The highest BCUT2D eigenvalue weighted by Crippen LogP contribution is 2.11. The van der Waals surface area contributed by atoms with Crippen molar-refractivity contribution in [2.24, 2.45) is 0 Å². The molecule has 116 valence electrons. The summed E-state index contributed by atoms with van der Waals surface area (Å²) in [4.78, 5) is 23.4. The Morgan fingerprint density at radius 3 is 2.57 bits per heavy atom. The smallest absolute Gasteiger partial charge is 0.326 e. The first-order valence-corrected chi connectivity index (χ1v) is 6.69. The number of methoxy groups -OCH3 is 2. The molecule has 1 amide bonds. The van der Waals surface area contributed by atoms with Gasteiger partial charge in [-0.1, -0.05) is 18.2 Å². The molecule has 0 bridgehead atoms. The molecule has 0 aliphatic carbocycles. The Balaban J connectivity index is 2.75. The van der Waals surface area contributed by atoms with Crippen molar-refractivity contribution < 1.29 is 24.2 Å². The molecule has 0 saturated heterocycles. The van der Waals surface area contributed by atoms with Gasteiger partial charge in [-0.2, -0.15) is 0 Å². The molecule has 0 aromatic heterocycles. The van der Waals surface area contributed by atoms with E-state index in [1.165, 1.54) is 0 Å². The third-order valence-corrected chi connectivity index (χ3v) is 3.01. The number of carbonyl (C=O) groups is 2. The van der Waals surface area contributed by atoms with Gasteiger partial charge in [-0.25, -0.2) is 4.79 Å². The number of hydrogen-bond acceptors (Lipinski definition) is 4. The number of nitrogens with one attached hydrogen (secondary N) is 1. The van der Waals surface area contributed by atoms with Gasteiger partial charge < -0.3 is 19.9 Å². The highest BCUT2D eigenvalue weighted by atomic mass is 16.5. The van der Waals surface area contributed by atoms with Crippen LogP contribution >= 0.6 is 0 Å². The van der Waals surface area contributed by atoms with Crippen molar-refractivity contribution in [2.45, 2.75) is 25.5 Å². The van der Waals surface area contributed by atoms with Gasteiger partial charge in [0.05, 0.1) is 6.61 Å². The Hall–Kier alpha value is -1.92. The molecule has 1 unspecified atom stereocenters. The van der Waals surface area contributed by atoms with Crippen LogP contribution in [0, 0.1) is 0 Å². The molecule has 21 heavy (non-hydrogen) atoms. The molecule has 0 heterocycles. The van der Waals surface area contributed by atoms with E-state index in [-0.39, 0.29) is 0 Å². The number of ether oxygens (including phenoxy) is 2. The normalized spacial score (nSPS) is 11.9. The van der Waals surface area contributed by atoms with Crippen molar-refractivity contribution in [2.75, 3.05) is 20.8 Å². The van der Waals surface area contributed by atoms with Crippen LogP contribution in [0.3, 0.4) is 0 Å². The van der Waals surface area contributed by atoms with Crippen molar-refractivity contribution in [3.63, 3.8) is 0 Å². The molecule has 2 N–H and O–H groups in total. The van der Waals surface area contributed by atoms with Crippen LogP contribution < -0.4 is 5.32 Å². The van der Waals surface area contributed by atoms with Gasteiger partial charge in [0.15, 0.2) is 0 Å². The third-order valence-electron chi connectivity index (χ3n) is 3.01. The lowest BCUT2D eigenvalue weighted by Crippen LogP contribution is -2.41. The summed E-state index contributed by atoms with van der Waals surface area (Å²) in [5.74, 6) is -1.46. The van der Waals surface area contributed by atoms with Gasteiger partial charge in [0, 0.05) is 26.4 Å². The quantitative estimate of drug-likeness (QED) is 0.673. The van der Waals surface area contributed by atoms with E-state index in [1.54, 1.807) is 38.5 Å². The number of rotatable bonds is 9. The summed E-state index contributed by atoms with van der Waals surface area (Å²) in [6.45, 7) is 0.755. The first-order valence-electron chi connectivity index (χ1n) is 6.69. The second kappa shape index (κ2) is 9.10. The van der Waals surface area contributed by atoms with Crippen LogP contribution in [-0.4, -0.2) is 43.9 Å². The minimum Gasteiger partial charge on any atom is -0.480 e. The van der Waals surface area contributed by atoms with E-state index in [0.29, 0.717) is 31.6 Å². The molecule has 0 saturated carbocycles. The van der Waals surface area contributed by atoms with Crippen LogP contribution in [0.4, 0.5) is 0 Å². The second-order valence-corrected chi connectivity index (χ2v) is 4.59. The Morgan fingerprint density at radius 2 is 1.95 bits per heavy atom. The maximum absolute atomic E-state index is 12.2. The van der Waals surface area contributed by atoms with Gasteiger partial charge in [0.2, 0.25) is 0 Å². The standard InChI is InChI=1S/C15H21NO5/c1-20-9-5-8-13(15(18)19)16-14(17)12-7-4-3-6-11(12)10-21-2/h3-4,6-7,13H,5,8-10H2,1-2H3,(H,16,17)(H,18,19). The molecule has 1 rings (SSSR count). The van der Waals surface area contributed by atoms with E-state index in [4.69, 9.17) is 14.6 Å². The predicted octanol–water partition coefficient (Wildman–Crippen LogP) is 1.44. The minimum atomic E-state index is -1.05. The zero-order valence-corrected chi connectivity index (χ0v) is 12.3. The van der Waals surface area contributed by atoms with Crippen molar-refractivity contribution in [3.05, 3.63) is 35.4 Å². The van der Waals surface area contributed by atoms with Gasteiger partial charge in [-0.15, -0.1) is 0 Å².